The highest BCUT2D eigenvalue weighted by molar-refractivity contribution is 7.92. The van der Waals surface area contributed by atoms with E-state index in [4.69, 9.17) is 4.74 Å². The molecule has 24 heavy (non-hydrogen) atoms. The number of nitrogens with one attached hydrogen (secondary N) is 1. The summed E-state index contributed by atoms with van der Waals surface area (Å²) in [5.41, 5.74) is 1.60. The van der Waals surface area contributed by atoms with Crippen molar-refractivity contribution in [3.05, 3.63) is 48.8 Å². The predicted octanol–water partition coefficient (Wildman–Crippen LogP) is 2.50. The molecule has 1 fully saturated rings. The van der Waals surface area contributed by atoms with Gasteiger partial charge in [0.1, 0.15) is 4.90 Å². The molecule has 0 bridgehead atoms. The van der Waals surface area contributed by atoms with E-state index < -0.39 is 10.0 Å². The van der Waals surface area contributed by atoms with Crippen molar-refractivity contribution in [1.82, 2.24) is 4.98 Å². The van der Waals surface area contributed by atoms with Gasteiger partial charge < -0.3 is 9.64 Å². The van der Waals surface area contributed by atoms with Gasteiger partial charge in [-0.3, -0.25) is 9.71 Å². The maximum absolute atomic E-state index is 12.3. The molecule has 3 rings (SSSR count). The predicted molar refractivity (Wildman–Crippen MR) is 93.7 cm³/mol. The molecule has 1 aliphatic rings. The van der Waals surface area contributed by atoms with Crippen LogP contribution in [0.5, 0.6) is 0 Å². The van der Waals surface area contributed by atoms with Crippen molar-refractivity contribution in [3.63, 3.8) is 0 Å². The van der Waals surface area contributed by atoms with Crippen molar-refractivity contribution in [2.75, 3.05) is 29.8 Å². The lowest BCUT2D eigenvalue weighted by molar-refractivity contribution is 0.0893. The summed E-state index contributed by atoms with van der Waals surface area (Å²) in [6, 6.07) is 10.5. The number of hydrogen-bond donors (Lipinski definition) is 1. The van der Waals surface area contributed by atoms with Crippen LogP contribution in [-0.2, 0) is 14.8 Å². The molecule has 1 aromatic heterocycles. The van der Waals surface area contributed by atoms with Crippen LogP contribution in [-0.4, -0.2) is 39.7 Å². The highest BCUT2D eigenvalue weighted by Gasteiger charge is 2.20. The number of nitrogens with zero attached hydrogens (tertiary/aromatic N) is 2. The Balaban J connectivity index is 1.71. The minimum Gasteiger partial charge on any atom is -0.380 e. The van der Waals surface area contributed by atoms with Gasteiger partial charge in [0.05, 0.1) is 6.10 Å². The summed E-state index contributed by atoms with van der Waals surface area (Å²) in [7, 11) is -1.87. The van der Waals surface area contributed by atoms with Gasteiger partial charge in [0.25, 0.3) is 10.0 Å². The molecule has 2 heterocycles. The second-order valence-electron chi connectivity index (χ2n) is 5.79. The second kappa shape index (κ2) is 7.19. The summed E-state index contributed by atoms with van der Waals surface area (Å²) >= 11 is 0. The van der Waals surface area contributed by atoms with Crippen LogP contribution in [0.15, 0.2) is 53.7 Å². The maximum atomic E-state index is 12.3. The summed E-state index contributed by atoms with van der Waals surface area (Å²) in [5.74, 6) is 0. The second-order valence-corrected chi connectivity index (χ2v) is 7.47. The van der Waals surface area contributed by atoms with Crippen LogP contribution in [0.25, 0.3) is 0 Å². The molecule has 0 saturated carbocycles. The fourth-order valence-corrected chi connectivity index (χ4v) is 3.85. The number of methoxy groups -OCH3 is 1. The summed E-state index contributed by atoms with van der Waals surface area (Å²) in [6.45, 7) is 1.85. The number of pyridine rings is 1. The van der Waals surface area contributed by atoms with E-state index in [1.165, 1.54) is 12.3 Å². The first-order chi connectivity index (χ1) is 11.6. The number of sulfonamides is 1. The summed E-state index contributed by atoms with van der Waals surface area (Å²) < 4.78 is 32.6. The van der Waals surface area contributed by atoms with E-state index in [0.29, 0.717) is 5.69 Å². The third-order valence-corrected chi connectivity index (χ3v) is 5.51. The normalized spacial score (nSPS) is 18.4. The average molecular weight is 347 g/mol. The van der Waals surface area contributed by atoms with Gasteiger partial charge >= 0.3 is 0 Å². The molecule has 1 atom stereocenters. The Morgan fingerprint density at radius 3 is 2.71 bits per heavy atom. The number of aromatic nitrogens is 1. The summed E-state index contributed by atoms with van der Waals surface area (Å²) in [5, 5.41) is 0. The van der Waals surface area contributed by atoms with E-state index >= 15 is 0 Å². The van der Waals surface area contributed by atoms with Crippen LogP contribution in [0, 0.1) is 0 Å². The van der Waals surface area contributed by atoms with Crippen LogP contribution in [0.3, 0.4) is 0 Å². The highest BCUT2D eigenvalue weighted by Crippen LogP contribution is 2.24. The Bertz CT molecular complexity index is 763. The number of piperidine rings is 1. The van der Waals surface area contributed by atoms with Crippen molar-refractivity contribution >= 4 is 21.4 Å². The molecule has 0 aliphatic carbocycles. The van der Waals surface area contributed by atoms with Crippen LogP contribution in [0.1, 0.15) is 12.8 Å². The van der Waals surface area contributed by atoms with Crippen molar-refractivity contribution in [2.24, 2.45) is 0 Å². The maximum Gasteiger partial charge on any atom is 0.263 e. The topological polar surface area (TPSA) is 71.5 Å². The molecule has 7 heteroatoms. The molecule has 0 radical (unpaired) electrons. The molecule has 1 unspecified atom stereocenters. The quantitative estimate of drug-likeness (QED) is 0.900. The Hall–Kier alpha value is -2.12. The lowest BCUT2D eigenvalue weighted by Gasteiger charge is -2.33. The van der Waals surface area contributed by atoms with E-state index in [2.05, 4.69) is 14.6 Å². The van der Waals surface area contributed by atoms with E-state index in [-0.39, 0.29) is 11.0 Å². The van der Waals surface area contributed by atoms with Crippen LogP contribution in [0.2, 0.25) is 0 Å². The van der Waals surface area contributed by atoms with E-state index in [9.17, 15) is 8.42 Å². The SMILES string of the molecule is COC1CCCN(c2ccc(NS(=O)(=O)c3cccnc3)cc2)C1. The number of anilines is 2. The number of benzene rings is 1. The molecule has 1 N–H and O–H groups in total. The lowest BCUT2D eigenvalue weighted by atomic mass is 10.1. The van der Waals surface area contributed by atoms with Crippen LogP contribution in [0.4, 0.5) is 11.4 Å². The minimum absolute atomic E-state index is 0.146. The van der Waals surface area contributed by atoms with Crippen molar-refractivity contribution in [2.45, 2.75) is 23.8 Å². The number of hydrogen-bond acceptors (Lipinski definition) is 5. The first-order valence-corrected chi connectivity index (χ1v) is 9.37. The molecule has 1 aromatic carbocycles. The standard InChI is InChI=1S/C17H21N3O3S/c1-23-16-4-3-11-20(13-16)15-8-6-14(7-9-15)19-24(21,22)17-5-2-10-18-12-17/h2,5-10,12,16,19H,3-4,11,13H2,1H3. The van der Waals surface area contributed by atoms with Crippen LogP contribution >= 0.6 is 0 Å². The van der Waals surface area contributed by atoms with E-state index in [1.807, 2.05) is 12.1 Å². The fourth-order valence-electron chi connectivity index (χ4n) is 2.83. The van der Waals surface area contributed by atoms with Gasteiger partial charge in [0.2, 0.25) is 0 Å². The summed E-state index contributed by atoms with van der Waals surface area (Å²) in [6.07, 6.45) is 5.29. The van der Waals surface area contributed by atoms with Crippen LogP contribution < -0.4 is 9.62 Å². The fraction of sp³-hybridized carbons (Fsp3) is 0.353. The Morgan fingerprint density at radius 2 is 2.04 bits per heavy atom. The minimum atomic E-state index is -3.61. The van der Waals surface area contributed by atoms with Crippen molar-refractivity contribution < 1.29 is 13.2 Å². The molecule has 128 valence electrons. The molecule has 0 amide bonds. The van der Waals surface area contributed by atoms with Gasteiger partial charge in [0, 0.05) is 44.0 Å². The third-order valence-electron chi connectivity index (χ3n) is 4.14. The third kappa shape index (κ3) is 3.85. The Labute approximate surface area is 142 Å². The largest absolute Gasteiger partial charge is 0.380 e. The highest BCUT2D eigenvalue weighted by atomic mass is 32.2. The van der Waals surface area contributed by atoms with Gasteiger partial charge in [-0.25, -0.2) is 8.42 Å². The molecule has 1 saturated heterocycles. The van der Waals surface area contributed by atoms with Crippen molar-refractivity contribution in [1.29, 1.82) is 0 Å². The zero-order valence-corrected chi connectivity index (χ0v) is 14.4. The van der Waals surface area contributed by atoms with Gasteiger partial charge in [-0.1, -0.05) is 0 Å². The average Bonchev–Trinajstić information content (AvgIpc) is 2.63. The first-order valence-electron chi connectivity index (χ1n) is 7.89. The van der Waals surface area contributed by atoms with Crippen molar-refractivity contribution in [3.8, 4) is 0 Å². The zero-order chi connectivity index (χ0) is 17.0. The smallest absolute Gasteiger partial charge is 0.263 e. The lowest BCUT2D eigenvalue weighted by Crippen LogP contribution is -2.39. The van der Waals surface area contributed by atoms with Gasteiger partial charge in [-0.05, 0) is 49.2 Å². The van der Waals surface area contributed by atoms with E-state index in [0.717, 1.165) is 31.6 Å². The van der Waals surface area contributed by atoms with Gasteiger partial charge in [-0.2, -0.15) is 0 Å². The summed E-state index contributed by atoms with van der Waals surface area (Å²) in [4.78, 5) is 6.25. The zero-order valence-electron chi connectivity index (χ0n) is 13.6. The van der Waals surface area contributed by atoms with Gasteiger partial charge in [-0.15, -0.1) is 0 Å². The molecule has 1 aliphatic heterocycles. The first kappa shape index (κ1) is 16.7. The number of ether oxygens (including phenoxy) is 1. The molecule has 6 nitrogen and oxygen atoms in total. The monoisotopic (exact) mass is 347 g/mol. The Kier molecular flexibility index (Phi) is 5.01. The van der Waals surface area contributed by atoms with E-state index in [1.54, 1.807) is 31.5 Å². The van der Waals surface area contributed by atoms with Gasteiger partial charge in [0.15, 0.2) is 0 Å². The molecular weight excluding hydrogens is 326 g/mol. The molecule has 2 aromatic rings. The molecule has 0 spiro atoms. The molecular formula is C17H21N3O3S. The number of rotatable bonds is 5. The Morgan fingerprint density at radius 1 is 1.25 bits per heavy atom.